The van der Waals surface area contributed by atoms with E-state index in [1.807, 2.05) is 0 Å². The summed E-state index contributed by atoms with van der Waals surface area (Å²) < 4.78 is 0. The monoisotopic (exact) mass is 381 g/mol. The van der Waals surface area contributed by atoms with Crippen LogP contribution >= 0.6 is 0 Å². The van der Waals surface area contributed by atoms with Gasteiger partial charge >= 0.3 is 0 Å². The number of hydrogen-bond donors (Lipinski definition) is 1. The first-order chi connectivity index (χ1) is 13.4. The van der Waals surface area contributed by atoms with Crippen molar-refractivity contribution in [3.8, 4) is 0 Å². The molecule has 27 heavy (non-hydrogen) atoms. The Kier molecular flexibility index (Phi) is 25.9. The molecule has 0 spiro atoms. The highest BCUT2D eigenvalue weighted by molar-refractivity contribution is 4.53. The van der Waals surface area contributed by atoms with Crippen LogP contribution < -0.4 is 5.32 Å². The van der Waals surface area contributed by atoms with Crippen LogP contribution in [0.25, 0.3) is 0 Å². The summed E-state index contributed by atoms with van der Waals surface area (Å²) >= 11 is 0. The lowest BCUT2D eigenvalue weighted by Gasteiger charge is -2.05. The maximum atomic E-state index is 3.64. The molecule has 0 atom stereocenters. The average Bonchev–Trinajstić information content (AvgIpc) is 2.68. The fourth-order valence-corrected chi connectivity index (χ4v) is 3.95. The van der Waals surface area contributed by atoms with Gasteiger partial charge in [0.1, 0.15) is 0 Å². The van der Waals surface area contributed by atoms with Gasteiger partial charge in [0, 0.05) is 0 Å². The summed E-state index contributed by atoms with van der Waals surface area (Å²) in [5.41, 5.74) is 0. The summed E-state index contributed by atoms with van der Waals surface area (Å²) in [6.45, 7) is 7.09. The summed E-state index contributed by atoms with van der Waals surface area (Å²) in [6, 6.07) is 0. The van der Waals surface area contributed by atoms with Crippen LogP contribution in [0.5, 0.6) is 0 Å². The molecule has 1 N–H and O–H groups in total. The summed E-state index contributed by atoms with van der Waals surface area (Å²) in [6.07, 6.45) is 31.8. The molecule has 0 amide bonds. The molecule has 0 aromatic heterocycles. The number of nitrogens with one attached hydrogen (secondary N) is 1. The summed E-state index contributed by atoms with van der Waals surface area (Å²) in [4.78, 5) is 0. The third-order valence-corrected chi connectivity index (χ3v) is 5.91. The molecule has 0 unspecified atom stereocenters. The molecule has 0 bridgehead atoms. The molecule has 1 nitrogen and oxygen atoms in total. The number of hydrogen-bond acceptors (Lipinski definition) is 1. The van der Waals surface area contributed by atoms with Crippen molar-refractivity contribution >= 4 is 0 Å². The van der Waals surface area contributed by atoms with Crippen LogP contribution in [-0.4, -0.2) is 13.1 Å². The second-order valence-corrected chi connectivity index (χ2v) is 8.82. The molecule has 0 aliphatic carbocycles. The van der Waals surface area contributed by atoms with E-state index in [4.69, 9.17) is 0 Å². The highest BCUT2D eigenvalue weighted by Crippen LogP contribution is 2.12. The first-order valence-electron chi connectivity index (χ1n) is 13.1. The molecule has 0 rings (SSSR count). The zero-order valence-corrected chi connectivity index (χ0v) is 19.5. The number of rotatable bonds is 24. The van der Waals surface area contributed by atoms with Gasteiger partial charge in [0.15, 0.2) is 0 Å². The second kappa shape index (κ2) is 26.0. The lowest BCUT2D eigenvalue weighted by atomic mass is 10.0. The SMILES string of the molecule is CCCCCCCCCCCCCCCNCCCCCCCCCCC. The molecular weight excluding hydrogens is 326 g/mol. The molecule has 0 aliphatic heterocycles. The summed E-state index contributed by atoms with van der Waals surface area (Å²) in [5, 5.41) is 3.64. The zero-order valence-electron chi connectivity index (χ0n) is 19.5. The topological polar surface area (TPSA) is 12.0 Å². The van der Waals surface area contributed by atoms with Crippen molar-refractivity contribution in [2.45, 2.75) is 155 Å². The fraction of sp³-hybridized carbons (Fsp3) is 1.00. The minimum atomic E-state index is 1.24. The normalized spacial score (nSPS) is 11.3. The van der Waals surface area contributed by atoms with Gasteiger partial charge in [-0.05, 0) is 25.9 Å². The molecular formula is C26H55N. The maximum absolute atomic E-state index is 3.64. The molecule has 164 valence electrons. The Morgan fingerprint density at radius 3 is 0.778 bits per heavy atom. The van der Waals surface area contributed by atoms with E-state index in [2.05, 4.69) is 19.2 Å². The van der Waals surface area contributed by atoms with Crippen LogP contribution in [0.1, 0.15) is 155 Å². The Bertz CT molecular complexity index is 214. The Morgan fingerprint density at radius 1 is 0.296 bits per heavy atom. The van der Waals surface area contributed by atoms with E-state index in [-0.39, 0.29) is 0 Å². The van der Waals surface area contributed by atoms with Gasteiger partial charge in [-0.15, -0.1) is 0 Å². The number of unbranched alkanes of at least 4 members (excludes halogenated alkanes) is 20. The van der Waals surface area contributed by atoms with Crippen LogP contribution in [-0.2, 0) is 0 Å². The predicted molar refractivity (Wildman–Crippen MR) is 126 cm³/mol. The van der Waals surface area contributed by atoms with E-state index in [1.54, 1.807) is 0 Å². The highest BCUT2D eigenvalue weighted by Gasteiger charge is 1.95. The van der Waals surface area contributed by atoms with Gasteiger partial charge in [-0.2, -0.15) is 0 Å². The quantitative estimate of drug-likeness (QED) is 0.164. The van der Waals surface area contributed by atoms with Crippen molar-refractivity contribution < 1.29 is 0 Å². The van der Waals surface area contributed by atoms with Crippen LogP contribution in [0.3, 0.4) is 0 Å². The molecule has 0 saturated heterocycles. The smallest absolute Gasteiger partial charge is 0.00489 e. The van der Waals surface area contributed by atoms with E-state index in [1.165, 1.54) is 154 Å². The van der Waals surface area contributed by atoms with Crippen LogP contribution in [0.15, 0.2) is 0 Å². The van der Waals surface area contributed by atoms with Crippen LogP contribution in [0.4, 0.5) is 0 Å². The second-order valence-electron chi connectivity index (χ2n) is 8.82. The summed E-state index contributed by atoms with van der Waals surface area (Å²) in [7, 11) is 0. The fourth-order valence-electron chi connectivity index (χ4n) is 3.95. The molecule has 0 aliphatic rings. The van der Waals surface area contributed by atoms with Gasteiger partial charge in [-0.3, -0.25) is 0 Å². The molecule has 0 heterocycles. The molecule has 0 aromatic rings. The first-order valence-corrected chi connectivity index (χ1v) is 13.1. The maximum Gasteiger partial charge on any atom is -0.00489 e. The molecule has 0 saturated carbocycles. The van der Waals surface area contributed by atoms with E-state index in [0.29, 0.717) is 0 Å². The van der Waals surface area contributed by atoms with Gasteiger partial charge in [-0.25, -0.2) is 0 Å². The largest absolute Gasteiger partial charge is 0.317 e. The molecule has 0 aromatic carbocycles. The lowest BCUT2D eigenvalue weighted by molar-refractivity contribution is 0.522. The Hall–Kier alpha value is -0.0400. The van der Waals surface area contributed by atoms with E-state index in [0.717, 1.165) is 0 Å². The minimum absolute atomic E-state index is 1.24. The Balaban J connectivity index is 2.95. The van der Waals surface area contributed by atoms with Crippen LogP contribution in [0.2, 0.25) is 0 Å². The van der Waals surface area contributed by atoms with Gasteiger partial charge in [-0.1, -0.05) is 142 Å². The highest BCUT2D eigenvalue weighted by atomic mass is 14.8. The van der Waals surface area contributed by atoms with Gasteiger partial charge in [0.05, 0.1) is 0 Å². The van der Waals surface area contributed by atoms with Gasteiger partial charge < -0.3 is 5.32 Å². The first kappa shape index (κ1) is 27.0. The zero-order chi connectivity index (χ0) is 19.7. The Labute approximate surface area is 173 Å². The summed E-state index contributed by atoms with van der Waals surface area (Å²) in [5.74, 6) is 0. The molecule has 1 heteroatoms. The van der Waals surface area contributed by atoms with Crippen molar-refractivity contribution in [3.63, 3.8) is 0 Å². The van der Waals surface area contributed by atoms with Crippen molar-refractivity contribution in [1.82, 2.24) is 5.32 Å². The molecule has 0 fully saturated rings. The van der Waals surface area contributed by atoms with Crippen molar-refractivity contribution in [2.24, 2.45) is 0 Å². The van der Waals surface area contributed by atoms with E-state index < -0.39 is 0 Å². The van der Waals surface area contributed by atoms with E-state index in [9.17, 15) is 0 Å². The lowest BCUT2D eigenvalue weighted by Crippen LogP contribution is -2.16. The predicted octanol–water partition coefficient (Wildman–Crippen LogP) is 9.20. The molecule has 0 radical (unpaired) electrons. The standard InChI is InChI=1S/C26H55N/c1-3-5-7-9-11-13-14-15-16-18-20-22-24-26-27-25-23-21-19-17-12-10-8-6-4-2/h27H,3-26H2,1-2H3. The van der Waals surface area contributed by atoms with Crippen molar-refractivity contribution in [2.75, 3.05) is 13.1 Å². The van der Waals surface area contributed by atoms with Gasteiger partial charge in [0.2, 0.25) is 0 Å². The third kappa shape index (κ3) is 26.0. The van der Waals surface area contributed by atoms with Crippen molar-refractivity contribution in [1.29, 1.82) is 0 Å². The van der Waals surface area contributed by atoms with Gasteiger partial charge in [0.25, 0.3) is 0 Å². The minimum Gasteiger partial charge on any atom is -0.317 e. The van der Waals surface area contributed by atoms with Crippen LogP contribution in [0, 0.1) is 0 Å². The average molecular weight is 382 g/mol. The van der Waals surface area contributed by atoms with E-state index >= 15 is 0 Å². The Morgan fingerprint density at radius 2 is 0.519 bits per heavy atom. The third-order valence-electron chi connectivity index (χ3n) is 5.91. The van der Waals surface area contributed by atoms with Crippen molar-refractivity contribution in [3.05, 3.63) is 0 Å².